The Kier molecular flexibility index (Phi) is 5.29. The van der Waals surface area contributed by atoms with E-state index >= 15 is 0 Å². The van der Waals surface area contributed by atoms with Gasteiger partial charge in [-0.3, -0.25) is 0 Å². The van der Waals surface area contributed by atoms with Crippen LogP contribution in [-0.4, -0.2) is 35.3 Å². The molecule has 6 heteroatoms. The van der Waals surface area contributed by atoms with E-state index < -0.39 is 12.1 Å². The van der Waals surface area contributed by atoms with E-state index in [4.69, 9.17) is 9.84 Å². The molecule has 6 nitrogen and oxygen atoms in total. The van der Waals surface area contributed by atoms with Crippen LogP contribution in [0.5, 0.6) is 0 Å². The van der Waals surface area contributed by atoms with Crippen LogP contribution in [0.15, 0.2) is 72.8 Å². The van der Waals surface area contributed by atoms with E-state index in [1.807, 2.05) is 30.3 Å². The quantitative estimate of drug-likeness (QED) is 0.403. The van der Waals surface area contributed by atoms with Crippen molar-refractivity contribution >= 4 is 23.0 Å². The maximum absolute atomic E-state index is 12.2. The van der Waals surface area contributed by atoms with Crippen LogP contribution >= 0.6 is 0 Å². The number of carboxylic acids is 1. The first kappa shape index (κ1) is 20.4. The Labute approximate surface area is 190 Å². The van der Waals surface area contributed by atoms with Crippen molar-refractivity contribution in [3.63, 3.8) is 0 Å². The predicted octanol–water partition coefficient (Wildman–Crippen LogP) is 4.76. The molecule has 0 saturated heterocycles. The summed E-state index contributed by atoms with van der Waals surface area (Å²) >= 11 is 0. The molecule has 0 atom stereocenters. The smallest absolute Gasteiger partial charge is 0.407 e. The molecule has 162 valence electrons. The minimum absolute atomic E-state index is 0.0115. The first-order chi connectivity index (χ1) is 16.1. The van der Waals surface area contributed by atoms with Gasteiger partial charge in [-0.1, -0.05) is 66.4 Å². The Morgan fingerprint density at radius 2 is 1.67 bits per heavy atom. The van der Waals surface area contributed by atoms with Crippen LogP contribution in [0.2, 0.25) is 0 Å². The summed E-state index contributed by atoms with van der Waals surface area (Å²) in [6, 6.07) is 23.3. The molecule has 1 heterocycles. The number of carboxylic acid groups (broad SMARTS) is 1. The number of hydrogen-bond donors (Lipinski definition) is 3. The Bertz CT molecular complexity index is 1400. The lowest BCUT2D eigenvalue weighted by molar-refractivity contribution is 0.0691. The van der Waals surface area contributed by atoms with Crippen LogP contribution in [0.4, 0.5) is 4.79 Å². The number of fused-ring (bicyclic) bond motifs is 4. The minimum atomic E-state index is -1.01. The molecule has 4 aromatic rings. The van der Waals surface area contributed by atoms with Gasteiger partial charge in [0.1, 0.15) is 12.3 Å². The summed E-state index contributed by atoms with van der Waals surface area (Å²) in [5, 5.41) is 12.5. The number of rotatable bonds is 4. The zero-order valence-corrected chi connectivity index (χ0v) is 17.6. The van der Waals surface area contributed by atoms with Crippen LogP contribution in [-0.2, 0) is 4.74 Å². The number of hydrogen-bond acceptors (Lipinski definition) is 3. The third kappa shape index (κ3) is 4.04. The van der Waals surface area contributed by atoms with E-state index in [1.165, 1.54) is 11.1 Å². The van der Waals surface area contributed by atoms with E-state index in [-0.39, 0.29) is 24.8 Å². The second-order valence-corrected chi connectivity index (χ2v) is 7.77. The third-order valence-corrected chi connectivity index (χ3v) is 5.75. The predicted molar refractivity (Wildman–Crippen MR) is 125 cm³/mol. The Balaban J connectivity index is 1.18. The van der Waals surface area contributed by atoms with Gasteiger partial charge in [0, 0.05) is 22.4 Å². The monoisotopic (exact) mass is 436 g/mol. The number of amides is 1. The fraction of sp³-hybridized carbons (Fsp3) is 0.111. The zero-order chi connectivity index (χ0) is 22.8. The molecule has 0 spiro atoms. The molecule has 0 saturated carbocycles. The van der Waals surface area contributed by atoms with E-state index in [0.29, 0.717) is 5.52 Å². The second kappa shape index (κ2) is 8.56. The normalized spacial score (nSPS) is 11.9. The van der Waals surface area contributed by atoms with Crippen LogP contribution in [0, 0.1) is 11.8 Å². The molecule has 1 aromatic heterocycles. The molecular formula is C27H20N2O4. The van der Waals surface area contributed by atoms with E-state index in [1.54, 1.807) is 18.2 Å². The molecule has 0 aliphatic heterocycles. The zero-order valence-electron chi connectivity index (χ0n) is 17.6. The van der Waals surface area contributed by atoms with Crippen LogP contribution < -0.4 is 5.32 Å². The lowest BCUT2D eigenvalue weighted by atomic mass is 9.98. The van der Waals surface area contributed by atoms with Crippen LogP contribution in [0.3, 0.4) is 0 Å². The summed E-state index contributed by atoms with van der Waals surface area (Å²) in [5.41, 5.74) is 6.24. The average Bonchev–Trinajstić information content (AvgIpc) is 3.40. The molecular weight excluding hydrogens is 416 g/mol. The number of benzene rings is 3. The van der Waals surface area contributed by atoms with Gasteiger partial charge in [-0.25, -0.2) is 9.59 Å². The van der Waals surface area contributed by atoms with Crippen molar-refractivity contribution in [2.24, 2.45) is 0 Å². The third-order valence-electron chi connectivity index (χ3n) is 5.75. The van der Waals surface area contributed by atoms with Gasteiger partial charge in [0.25, 0.3) is 0 Å². The number of H-pyrrole nitrogens is 1. The second-order valence-electron chi connectivity index (χ2n) is 7.77. The highest BCUT2D eigenvalue weighted by atomic mass is 16.5. The van der Waals surface area contributed by atoms with Crippen molar-refractivity contribution in [3.8, 4) is 23.0 Å². The number of carbonyl (C=O) groups excluding carboxylic acids is 1. The highest BCUT2D eigenvalue weighted by molar-refractivity contribution is 5.94. The first-order valence-electron chi connectivity index (χ1n) is 10.5. The Morgan fingerprint density at radius 3 is 2.36 bits per heavy atom. The summed E-state index contributed by atoms with van der Waals surface area (Å²) in [7, 11) is 0. The average molecular weight is 436 g/mol. The summed E-state index contributed by atoms with van der Waals surface area (Å²) < 4.78 is 5.50. The number of alkyl carbamates (subject to hydrolysis) is 1. The summed E-state index contributed by atoms with van der Waals surface area (Å²) in [6.45, 7) is 0.391. The lowest BCUT2D eigenvalue weighted by Crippen LogP contribution is -2.26. The number of aromatic nitrogens is 1. The SMILES string of the molecule is O=C(NCC#Cc1ccc2cc(C(=O)O)[nH]c2c1)OCC1c2ccccc2-c2ccccc21. The molecule has 3 aromatic carbocycles. The maximum Gasteiger partial charge on any atom is 0.407 e. The number of aromatic carboxylic acids is 1. The standard InChI is InChI=1S/C27H20N2O4/c30-26(31)25-15-18-12-11-17(14-24(18)29-25)6-5-13-28-27(32)33-16-23-21-9-3-1-7-19(21)20-8-2-4-10-22(20)23/h1-4,7-12,14-15,23,29H,13,16H2,(H,28,32)(H,30,31). The van der Waals surface area contributed by atoms with Gasteiger partial charge in [0.05, 0.1) is 6.54 Å². The van der Waals surface area contributed by atoms with Gasteiger partial charge in [0.15, 0.2) is 0 Å². The number of nitrogens with one attached hydrogen (secondary N) is 2. The van der Waals surface area contributed by atoms with Crippen molar-refractivity contribution in [3.05, 3.63) is 95.2 Å². The fourth-order valence-electron chi connectivity index (χ4n) is 4.23. The number of carbonyl (C=O) groups is 2. The van der Waals surface area contributed by atoms with Crippen molar-refractivity contribution < 1.29 is 19.4 Å². The van der Waals surface area contributed by atoms with Crippen molar-refractivity contribution in [2.75, 3.05) is 13.2 Å². The maximum atomic E-state index is 12.2. The van der Waals surface area contributed by atoms with E-state index in [9.17, 15) is 9.59 Å². The van der Waals surface area contributed by atoms with Crippen molar-refractivity contribution in [1.29, 1.82) is 0 Å². The van der Waals surface area contributed by atoms with Crippen LogP contribution in [0.1, 0.15) is 33.1 Å². The highest BCUT2D eigenvalue weighted by Gasteiger charge is 2.28. The molecule has 1 amide bonds. The molecule has 5 rings (SSSR count). The largest absolute Gasteiger partial charge is 0.477 e. The highest BCUT2D eigenvalue weighted by Crippen LogP contribution is 2.44. The molecule has 1 aliphatic carbocycles. The van der Waals surface area contributed by atoms with Crippen molar-refractivity contribution in [2.45, 2.75) is 5.92 Å². The molecule has 33 heavy (non-hydrogen) atoms. The topological polar surface area (TPSA) is 91.4 Å². The molecule has 0 radical (unpaired) electrons. The Hall–Kier alpha value is -4.50. The van der Waals surface area contributed by atoms with E-state index in [2.05, 4.69) is 46.4 Å². The van der Waals surface area contributed by atoms with E-state index in [0.717, 1.165) is 22.1 Å². The molecule has 0 unspecified atom stereocenters. The minimum Gasteiger partial charge on any atom is -0.477 e. The first-order valence-corrected chi connectivity index (χ1v) is 10.5. The van der Waals surface area contributed by atoms with Crippen LogP contribution in [0.25, 0.3) is 22.0 Å². The summed E-state index contributed by atoms with van der Waals surface area (Å²) in [4.78, 5) is 26.1. The number of aromatic amines is 1. The summed E-state index contributed by atoms with van der Waals surface area (Å²) in [5.74, 6) is 4.86. The Morgan fingerprint density at radius 1 is 0.970 bits per heavy atom. The fourth-order valence-corrected chi connectivity index (χ4v) is 4.23. The van der Waals surface area contributed by atoms with Gasteiger partial charge in [-0.15, -0.1) is 0 Å². The lowest BCUT2D eigenvalue weighted by Gasteiger charge is -2.14. The van der Waals surface area contributed by atoms with Gasteiger partial charge in [-0.05, 0) is 40.5 Å². The van der Waals surface area contributed by atoms with Gasteiger partial charge >= 0.3 is 12.1 Å². The molecule has 1 aliphatic rings. The summed E-state index contributed by atoms with van der Waals surface area (Å²) in [6.07, 6.45) is -0.517. The molecule has 0 bridgehead atoms. The number of ether oxygens (including phenoxy) is 1. The molecule has 0 fully saturated rings. The van der Waals surface area contributed by atoms with Gasteiger partial charge in [0.2, 0.25) is 0 Å². The van der Waals surface area contributed by atoms with Gasteiger partial charge in [-0.2, -0.15) is 0 Å². The molecule has 3 N–H and O–H groups in total. The van der Waals surface area contributed by atoms with Gasteiger partial charge < -0.3 is 20.1 Å². The van der Waals surface area contributed by atoms with Crippen molar-refractivity contribution in [1.82, 2.24) is 10.3 Å².